The van der Waals surface area contributed by atoms with E-state index in [2.05, 4.69) is 10.6 Å². The van der Waals surface area contributed by atoms with Crippen LogP contribution in [0.4, 0.5) is 5.69 Å². The monoisotopic (exact) mass is 317 g/mol. The standard InChI is InChI=1S/C17H23N3O3/c1-11(12-9-18-10-12)16(21)19-13-7-8-20(17(13)22)14-5-3-4-6-15(14)23-2/h3-6,11-13,18H,7-10H2,1-2H3,(H,19,21). The fourth-order valence-electron chi connectivity index (χ4n) is 3.09. The van der Waals surface area contributed by atoms with Gasteiger partial charge in [-0.05, 0) is 37.6 Å². The topological polar surface area (TPSA) is 70.7 Å². The summed E-state index contributed by atoms with van der Waals surface area (Å²) in [6, 6.07) is 7.01. The lowest BCUT2D eigenvalue weighted by molar-refractivity contribution is -0.130. The van der Waals surface area contributed by atoms with Gasteiger partial charge in [-0.15, -0.1) is 0 Å². The van der Waals surface area contributed by atoms with E-state index in [-0.39, 0.29) is 17.7 Å². The third-order valence-corrected chi connectivity index (χ3v) is 4.83. The summed E-state index contributed by atoms with van der Waals surface area (Å²) in [6.45, 7) is 4.27. The summed E-state index contributed by atoms with van der Waals surface area (Å²) in [7, 11) is 1.59. The van der Waals surface area contributed by atoms with E-state index in [4.69, 9.17) is 4.74 Å². The smallest absolute Gasteiger partial charge is 0.249 e. The molecular formula is C17H23N3O3. The molecule has 0 saturated carbocycles. The van der Waals surface area contributed by atoms with Gasteiger partial charge < -0.3 is 20.3 Å². The van der Waals surface area contributed by atoms with Crippen LogP contribution in [0.25, 0.3) is 0 Å². The molecule has 1 aromatic rings. The number of ether oxygens (including phenoxy) is 1. The van der Waals surface area contributed by atoms with Crippen LogP contribution in [0.5, 0.6) is 5.75 Å². The summed E-state index contributed by atoms with van der Waals surface area (Å²) >= 11 is 0. The largest absolute Gasteiger partial charge is 0.495 e. The number of carbonyl (C=O) groups is 2. The molecule has 2 N–H and O–H groups in total. The fraction of sp³-hybridized carbons (Fsp3) is 0.529. The molecule has 3 rings (SSSR count). The first-order chi connectivity index (χ1) is 11.1. The molecule has 2 aliphatic heterocycles. The quantitative estimate of drug-likeness (QED) is 0.842. The van der Waals surface area contributed by atoms with E-state index in [9.17, 15) is 9.59 Å². The number of nitrogens with one attached hydrogen (secondary N) is 2. The summed E-state index contributed by atoms with van der Waals surface area (Å²) in [5.74, 6) is 0.876. The molecule has 1 aromatic carbocycles. The number of carbonyl (C=O) groups excluding carboxylic acids is 2. The van der Waals surface area contributed by atoms with Crippen LogP contribution in [0.3, 0.4) is 0 Å². The number of methoxy groups -OCH3 is 1. The zero-order valence-electron chi connectivity index (χ0n) is 13.5. The lowest BCUT2D eigenvalue weighted by Crippen LogP contribution is -2.52. The molecule has 2 saturated heterocycles. The molecule has 0 spiro atoms. The average Bonchev–Trinajstić information content (AvgIpc) is 2.86. The number of hydrogen-bond donors (Lipinski definition) is 2. The molecular weight excluding hydrogens is 294 g/mol. The molecule has 6 nitrogen and oxygen atoms in total. The van der Waals surface area contributed by atoms with Gasteiger partial charge in [-0.2, -0.15) is 0 Å². The van der Waals surface area contributed by atoms with Crippen LogP contribution in [0.15, 0.2) is 24.3 Å². The number of hydrogen-bond acceptors (Lipinski definition) is 4. The number of para-hydroxylation sites is 2. The minimum atomic E-state index is -0.442. The van der Waals surface area contributed by atoms with Gasteiger partial charge in [0.1, 0.15) is 11.8 Å². The first-order valence-electron chi connectivity index (χ1n) is 8.07. The number of benzene rings is 1. The molecule has 2 atom stereocenters. The molecule has 0 aliphatic carbocycles. The molecule has 6 heteroatoms. The van der Waals surface area contributed by atoms with E-state index in [1.807, 2.05) is 31.2 Å². The highest BCUT2D eigenvalue weighted by Gasteiger charge is 2.37. The van der Waals surface area contributed by atoms with Gasteiger partial charge in [0.05, 0.1) is 12.8 Å². The number of nitrogens with zero attached hydrogens (tertiary/aromatic N) is 1. The van der Waals surface area contributed by atoms with E-state index in [1.54, 1.807) is 12.0 Å². The molecule has 2 aliphatic rings. The van der Waals surface area contributed by atoms with Crippen molar-refractivity contribution in [3.63, 3.8) is 0 Å². The van der Waals surface area contributed by atoms with Crippen LogP contribution >= 0.6 is 0 Å². The highest BCUT2D eigenvalue weighted by Crippen LogP contribution is 2.31. The van der Waals surface area contributed by atoms with Crippen LogP contribution in [-0.2, 0) is 9.59 Å². The van der Waals surface area contributed by atoms with Crippen LogP contribution in [0.2, 0.25) is 0 Å². The molecule has 0 bridgehead atoms. The molecule has 2 fully saturated rings. The van der Waals surface area contributed by atoms with E-state index in [0.717, 1.165) is 18.8 Å². The molecule has 0 aromatic heterocycles. The minimum Gasteiger partial charge on any atom is -0.495 e. The second-order valence-corrected chi connectivity index (χ2v) is 6.22. The maximum Gasteiger partial charge on any atom is 0.249 e. The number of anilines is 1. The van der Waals surface area contributed by atoms with Crippen molar-refractivity contribution < 1.29 is 14.3 Å². The molecule has 2 heterocycles. The summed E-state index contributed by atoms with van der Waals surface area (Å²) in [4.78, 5) is 26.6. The second kappa shape index (κ2) is 6.58. The van der Waals surface area contributed by atoms with Crippen LogP contribution in [0.1, 0.15) is 13.3 Å². The Bertz CT molecular complexity index is 601. The summed E-state index contributed by atoms with van der Waals surface area (Å²) in [6.07, 6.45) is 0.623. The number of amides is 2. The Kier molecular flexibility index (Phi) is 4.52. The Morgan fingerprint density at radius 1 is 1.39 bits per heavy atom. The van der Waals surface area contributed by atoms with Crippen molar-refractivity contribution in [2.75, 3.05) is 31.6 Å². The first-order valence-corrected chi connectivity index (χ1v) is 8.07. The Labute approximate surface area is 136 Å². The summed E-state index contributed by atoms with van der Waals surface area (Å²) in [5.41, 5.74) is 0.757. The average molecular weight is 317 g/mol. The van der Waals surface area contributed by atoms with Crippen molar-refractivity contribution in [2.45, 2.75) is 19.4 Å². The first kappa shape index (κ1) is 15.8. The Morgan fingerprint density at radius 3 is 2.78 bits per heavy atom. The van der Waals surface area contributed by atoms with E-state index < -0.39 is 6.04 Å². The number of rotatable bonds is 5. The second-order valence-electron chi connectivity index (χ2n) is 6.22. The van der Waals surface area contributed by atoms with Gasteiger partial charge in [-0.1, -0.05) is 19.1 Å². The van der Waals surface area contributed by atoms with Gasteiger partial charge in [-0.3, -0.25) is 9.59 Å². The van der Waals surface area contributed by atoms with Crippen LogP contribution < -0.4 is 20.3 Å². The highest BCUT2D eigenvalue weighted by atomic mass is 16.5. The SMILES string of the molecule is COc1ccccc1N1CCC(NC(=O)C(C)C2CNC2)C1=O. The molecule has 23 heavy (non-hydrogen) atoms. The van der Waals surface area contributed by atoms with E-state index >= 15 is 0 Å². The van der Waals surface area contributed by atoms with Crippen LogP contribution in [-0.4, -0.2) is 44.6 Å². The highest BCUT2D eigenvalue weighted by molar-refractivity contribution is 6.02. The molecule has 2 amide bonds. The van der Waals surface area contributed by atoms with Crippen molar-refractivity contribution in [1.29, 1.82) is 0 Å². The van der Waals surface area contributed by atoms with Crippen molar-refractivity contribution in [1.82, 2.24) is 10.6 Å². The van der Waals surface area contributed by atoms with Crippen molar-refractivity contribution >= 4 is 17.5 Å². The lowest BCUT2D eigenvalue weighted by atomic mass is 9.88. The molecule has 2 unspecified atom stereocenters. The predicted octanol–water partition coefficient (Wildman–Crippen LogP) is 0.772. The van der Waals surface area contributed by atoms with Gasteiger partial charge in [0.2, 0.25) is 11.8 Å². The maximum atomic E-state index is 12.6. The zero-order valence-corrected chi connectivity index (χ0v) is 13.5. The summed E-state index contributed by atoms with van der Waals surface area (Å²) < 4.78 is 5.33. The van der Waals surface area contributed by atoms with E-state index in [0.29, 0.717) is 24.6 Å². The van der Waals surface area contributed by atoms with Crippen molar-refractivity contribution in [2.24, 2.45) is 11.8 Å². The fourth-order valence-corrected chi connectivity index (χ4v) is 3.09. The van der Waals surface area contributed by atoms with Crippen molar-refractivity contribution in [3.05, 3.63) is 24.3 Å². The predicted molar refractivity (Wildman–Crippen MR) is 87.4 cm³/mol. The molecule has 0 radical (unpaired) electrons. The maximum absolute atomic E-state index is 12.6. The van der Waals surface area contributed by atoms with Gasteiger partial charge in [-0.25, -0.2) is 0 Å². The van der Waals surface area contributed by atoms with E-state index in [1.165, 1.54) is 0 Å². The zero-order chi connectivity index (χ0) is 16.4. The van der Waals surface area contributed by atoms with Crippen molar-refractivity contribution in [3.8, 4) is 5.75 Å². The van der Waals surface area contributed by atoms with Crippen LogP contribution in [0, 0.1) is 11.8 Å². The van der Waals surface area contributed by atoms with Gasteiger partial charge in [0, 0.05) is 12.5 Å². The van der Waals surface area contributed by atoms with Gasteiger partial charge in [0.15, 0.2) is 0 Å². The molecule has 124 valence electrons. The summed E-state index contributed by atoms with van der Waals surface area (Å²) in [5, 5.41) is 6.09. The third-order valence-electron chi connectivity index (χ3n) is 4.83. The Morgan fingerprint density at radius 2 is 2.13 bits per heavy atom. The third kappa shape index (κ3) is 3.03. The van der Waals surface area contributed by atoms with Gasteiger partial charge in [0.25, 0.3) is 0 Å². The lowest BCUT2D eigenvalue weighted by Gasteiger charge is -2.32. The normalized spacial score (nSPS) is 22.6. The van der Waals surface area contributed by atoms with Gasteiger partial charge >= 0.3 is 0 Å². The minimum absolute atomic E-state index is 0.0308. The Balaban J connectivity index is 1.65. The Hall–Kier alpha value is -2.08.